The summed E-state index contributed by atoms with van der Waals surface area (Å²) in [5.41, 5.74) is 6.32. The van der Waals surface area contributed by atoms with Crippen LogP contribution < -0.4 is 5.32 Å². The average molecular weight is 271 g/mol. The number of aryl methyl sites for hydroxylation is 2. The molecule has 0 spiro atoms. The Hall–Kier alpha value is -1.77. The number of hydrogen-bond acceptors (Lipinski definition) is 2. The van der Waals surface area contributed by atoms with Gasteiger partial charge in [0.05, 0.1) is 5.69 Å². The molecule has 108 valence electrons. The molecule has 0 aliphatic carbocycles. The fourth-order valence-corrected chi connectivity index (χ4v) is 2.35. The van der Waals surface area contributed by atoms with Gasteiger partial charge in [0.15, 0.2) is 0 Å². The molecule has 3 nitrogen and oxygen atoms in total. The lowest BCUT2D eigenvalue weighted by Gasteiger charge is -2.19. The van der Waals surface area contributed by atoms with Gasteiger partial charge in [-0.3, -0.25) is 4.68 Å². The van der Waals surface area contributed by atoms with Gasteiger partial charge in [-0.15, -0.1) is 0 Å². The number of rotatable bonds is 3. The van der Waals surface area contributed by atoms with Crippen LogP contribution in [-0.2, 0) is 19.0 Å². The number of aromatic nitrogens is 2. The van der Waals surface area contributed by atoms with E-state index in [2.05, 4.69) is 69.3 Å². The topological polar surface area (TPSA) is 29.9 Å². The van der Waals surface area contributed by atoms with Crippen LogP contribution in [0.4, 0.5) is 5.69 Å². The minimum atomic E-state index is 0.203. The summed E-state index contributed by atoms with van der Waals surface area (Å²) < 4.78 is 1.94. The average Bonchev–Trinajstić information content (AvgIpc) is 2.61. The summed E-state index contributed by atoms with van der Waals surface area (Å²) in [6.45, 7) is 11.7. The minimum absolute atomic E-state index is 0.203. The van der Waals surface area contributed by atoms with Gasteiger partial charge < -0.3 is 5.32 Å². The van der Waals surface area contributed by atoms with Gasteiger partial charge in [-0.1, -0.05) is 32.9 Å². The van der Waals surface area contributed by atoms with E-state index in [4.69, 9.17) is 0 Å². The Morgan fingerprint density at radius 3 is 2.15 bits per heavy atom. The van der Waals surface area contributed by atoms with E-state index < -0.39 is 0 Å². The van der Waals surface area contributed by atoms with E-state index in [0.717, 1.165) is 17.9 Å². The van der Waals surface area contributed by atoms with Crippen LogP contribution in [0.1, 0.15) is 43.3 Å². The summed E-state index contributed by atoms with van der Waals surface area (Å²) in [5.74, 6) is 0. The van der Waals surface area contributed by atoms with Gasteiger partial charge in [-0.25, -0.2) is 0 Å². The first-order valence-electron chi connectivity index (χ1n) is 7.12. The molecule has 0 saturated heterocycles. The Morgan fingerprint density at radius 2 is 1.70 bits per heavy atom. The lowest BCUT2D eigenvalue weighted by Crippen LogP contribution is -2.11. The number of anilines is 1. The molecule has 2 aromatic rings. The van der Waals surface area contributed by atoms with Gasteiger partial charge in [0.2, 0.25) is 0 Å². The molecule has 0 aliphatic heterocycles. The Kier molecular flexibility index (Phi) is 3.89. The van der Waals surface area contributed by atoms with Crippen molar-refractivity contribution in [1.29, 1.82) is 0 Å². The Labute approximate surface area is 122 Å². The predicted octanol–water partition coefficient (Wildman–Crippen LogP) is 3.95. The van der Waals surface area contributed by atoms with Crippen LogP contribution in [0.2, 0.25) is 0 Å². The van der Waals surface area contributed by atoms with Crippen LogP contribution in [0.5, 0.6) is 0 Å². The van der Waals surface area contributed by atoms with Crippen LogP contribution in [0.15, 0.2) is 24.3 Å². The molecule has 0 radical (unpaired) electrons. The predicted molar refractivity (Wildman–Crippen MR) is 85.2 cm³/mol. The van der Waals surface area contributed by atoms with Crippen molar-refractivity contribution >= 4 is 5.69 Å². The molecule has 0 unspecified atom stereocenters. The quantitative estimate of drug-likeness (QED) is 0.916. The minimum Gasteiger partial charge on any atom is -0.381 e. The summed E-state index contributed by atoms with van der Waals surface area (Å²) in [6, 6.07) is 8.71. The zero-order valence-electron chi connectivity index (χ0n) is 13.4. The summed E-state index contributed by atoms with van der Waals surface area (Å²) in [7, 11) is 1.99. The van der Waals surface area contributed by atoms with E-state index in [-0.39, 0.29) is 5.41 Å². The largest absolute Gasteiger partial charge is 0.381 e. The molecule has 1 aromatic carbocycles. The molecule has 0 aliphatic rings. The van der Waals surface area contributed by atoms with Crippen molar-refractivity contribution in [3.8, 4) is 0 Å². The van der Waals surface area contributed by atoms with E-state index in [0.29, 0.717) is 0 Å². The molecular formula is C17H25N3. The summed E-state index contributed by atoms with van der Waals surface area (Å²) >= 11 is 0. The molecule has 0 fully saturated rings. The number of benzene rings is 1. The normalized spacial score (nSPS) is 11.7. The van der Waals surface area contributed by atoms with E-state index in [1.54, 1.807) is 0 Å². The first-order chi connectivity index (χ1) is 9.29. The summed E-state index contributed by atoms with van der Waals surface area (Å²) in [5, 5.41) is 7.93. The van der Waals surface area contributed by atoms with Crippen molar-refractivity contribution in [2.24, 2.45) is 7.05 Å². The molecule has 3 heteroatoms. The maximum absolute atomic E-state index is 4.45. The SMILES string of the molecule is Cc1nn(C)c(C)c1CNc1ccc(C(C)(C)C)cc1. The van der Waals surface area contributed by atoms with Crippen molar-refractivity contribution in [1.82, 2.24) is 9.78 Å². The summed E-state index contributed by atoms with van der Waals surface area (Å²) in [6.07, 6.45) is 0. The highest BCUT2D eigenvalue weighted by atomic mass is 15.3. The van der Waals surface area contributed by atoms with Crippen molar-refractivity contribution in [3.05, 3.63) is 46.8 Å². The molecule has 20 heavy (non-hydrogen) atoms. The molecule has 0 amide bonds. The maximum Gasteiger partial charge on any atom is 0.0646 e. The Bertz CT molecular complexity index is 586. The highest BCUT2D eigenvalue weighted by Crippen LogP contribution is 2.24. The Morgan fingerprint density at radius 1 is 1.10 bits per heavy atom. The highest BCUT2D eigenvalue weighted by molar-refractivity contribution is 5.46. The van der Waals surface area contributed by atoms with Gasteiger partial charge in [0.1, 0.15) is 0 Å². The van der Waals surface area contributed by atoms with Crippen molar-refractivity contribution < 1.29 is 0 Å². The third kappa shape index (κ3) is 3.03. The van der Waals surface area contributed by atoms with Crippen LogP contribution >= 0.6 is 0 Å². The van der Waals surface area contributed by atoms with Gasteiger partial charge in [-0.2, -0.15) is 5.10 Å². The fourth-order valence-electron chi connectivity index (χ4n) is 2.35. The number of nitrogens with zero attached hydrogens (tertiary/aromatic N) is 2. The lowest BCUT2D eigenvalue weighted by molar-refractivity contribution is 0.590. The summed E-state index contributed by atoms with van der Waals surface area (Å²) in [4.78, 5) is 0. The third-order valence-corrected chi connectivity index (χ3v) is 3.88. The van der Waals surface area contributed by atoms with Crippen LogP contribution in [0.3, 0.4) is 0 Å². The molecule has 1 heterocycles. The van der Waals surface area contributed by atoms with Crippen LogP contribution in [0.25, 0.3) is 0 Å². The molecule has 2 rings (SSSR count). The molecule has 1 N–H and O–H groups in total. The van der Waals surface area contributed by atoms with Crippen molar-refractivity contribution in [2.75, 3.05) is 5.32 Å². The van der Waals surface area contributed by atoms with E-state index in [9.17, 15) is 0 Å². The lowest BCUT2D eigenvalue weighted by atomic mass is 9.87. The maximum atomic E-state index is 4.45. The molecule has 1 aromatic heterocycles. The smallest absolute Gasteiger partial charge is 0.0646 e. The van der Waals surface area contributed by atoms with Crippen LogP contribution in [0, 0.1) is 13.8 Å². The van der Waals surface area contributed by atoms with Crippen molar-refractivity contribution in [3.63, 3.8) is 0 Å². The Balaban J connectivity index is 2.08. The zero-order valence-corrected chi connectivity index (χ0v) is 13.4. The van der Waals surface area contributed by atoms with E-state index in [1.807, 2.05) is 11.7 Å². The molecule has 0 atom stereocenters. The first-order valence-corrected chi connectivity index (χ1v) is 7.12. The third-order valence-electron chi connectivity index (χ3n) is 3.88. The molecule has 0 saturated carbocycles. The molecular weight excluding hydrogens is 246 g/mol. The van der Waals surface area contributed by atoms with E-state index in [1.165, 1.54) is 16.8 Å². The van der Waals surface area contributed by atoms with Crippen molar-refractivity contribution in [2.45, 2.75) is 46.6 Å². The van der Waals surface area contributed by atoms with Gasteiger partial charge >= 0.3 is 0 Å². The highest BCUT2D eigenvalue weighted by Gasteiger charge is 2.13. The first kappa shape index (κ1) is 14.6. The standard InChI is InChI=1S/C17H25N3/c1-12-16(13(2)20(6)19-12)11-18-15-9-7-14(8-10-15)17(3,4)5/h7-10,18H,11H2,1-6H3. The zero-order chi connectivity index (χ0) is 14.9. The van der Waals surface area contributed by atoms with Gasteiger partial charge in [0, 0.05) is 30.5 Å². The van der Waals surface area contributed by atoms with Gasteiger partial charge in [-0.05, 0) is 37.0 Å². The van der Waals surface area contributed by atoms with Gasteiger partial charge in [0.25, 0.3) is 0 Å². The molecule has 0 bridgehead atoms. The second-order valence-electron chi connectivity index (χ2n) is 6.45. The monoisotopic (exact) mass is 271 g/mol. The second-order valence-corrected chi connectivity index (χ2v) is 6.45. The number of hydrogen-bond donors (Lipinski definition) is 1. The van der Waals surface area contributed by atoms with E-state index >= 15 is 0 Å². The fraction of sp³-hybridized carbons (Fsp3) is 0.471. The van der Waals surface area contributed by atoms with Crippen LogP contribution in [-0.4, -0.2) is 9.78 Å². The number of nitrogens with one attached hydrogen (secondary N) is 1. The second kappa shape index (κ2) is 5.31.